The van der Waals surface area contributed by atoms with E-state index in [1.54, 1.807) is 4.90 Å². The van der Waals surface area contributed by atoms with Crippen LogP contribution in [0.1, 0.15) is 15.9 Å². The fourth-order valence-corrected chi connectivity index (χ4v) is 2.90. The molecule has 0 radical (unpaired) electrons. The number of piperazine rings is 1. The van der Waals surface area contributed by atoms with Gasteiger partial charge in [0.25, 0.3) is 0 Å². The maximum Gasteiger partial charge on any atom is 0.335 e. The van der Waals surface area contributed by atoms with Gasteiger partial charge in [-0.1, -0.05) is 6.07 Å². The minimum Gasteiger partial charge on any atom is -0.478 e. The molecule has 9 heteroatoms. The molecule has 0 unspecified atom stereocenters. The van der Waals surface area contributed by atoms with Crippen molar-refractivity contribution in [3.63, 3.8) is 0 Å². The fraction of sp³-hybridized carbons (Fsp3) is 0.263. The van der Waals surface area contributed by atoms with E-state index in [0.717, 1.165) is 6.07 Å². The highest BCUT2D eigenvalue weighted by Crippen LogP contribution is 2.22. The molecular formula is C19H20ClF2N3O3. The highest BCUT2D eigenvalue weighted by atomic mass is 35.5. The van der Waals surface area contributed by atoms with E-state index in [0.29, 0.717) is 31.9 Å². The first-order valence-electron chi connectivity index (χ1n) is 8.50. The summed E-state index contributed by atoms with van der Waals surface area (Å²) in [6.07, 6.45) is 0. The van der Waals surface area contributed by atoms with Crippen LogP contribution >= 0.6 is 12.4 Å². The van der Waals surface area contributed by atoms with Gasteiger partial charge in [0.2, 0.25) is 0 Å². The predicted octanol–water partition coefficient (Wildman–Crippen LogP) is 3.12. The Kier molecular flexibility index (Phi) is 7.31. The van der Waals surface area contributed by atoms with E-state index in [1.165, 1.54) is 41.3 Å². The number of carbonyl (C=O) groups is 2. The average Bonchev–Trinajstić information content (AvgIpc) is 2.68. The van der Waals surface area contributed by atoms with Gasteiger partial charge in [0.05, 0.1) is 12.1 Å². The third-order valence-electron chi connectivity index (χ3n) is 4.39. The number of rotatable bonds is 4. The van der Waals surface area contributed by atoms with Gasteiger partial charge in [0, 0.05) is 37.4 Å². The lowest BCUT2D eigenvalue weighted by Gasteiger charge is -2.33. The average molecular weight is 412 g/mol. The van der Waals surface area contributed by atoms with Crippen LogP contribution in [0.4, 0.5) is 19.3 Å². The number of carboxylic acids is 1. The number of carboxylic acid groups (broad SMARTS) is 1. The van der Waals surface area contributed by atoms with Crippen molar-refractivity contribution in [1.29, 1.82) is 0 Å². The standard InChI is InChI=1S/C19H19F2N3O3.ClH/c20-15-3-5-16(6-4-15)24(19(27)23-9-7-22-8-10-23)12-14-2-1-13(18(25)26)11-17(14)21;/h1-6,11,22H,7-10,12H2,(H,25,26);1H. The van der Waals surface area contributed by atoms with E-state index in [-0.39, 0.29) is 36.1 Å². The topological polar surface area (TPSA) is 72.9 Å². The highest BCUT2D eigenvalue weighted by molar-refractivity contribution is 5.92. The Morgan fingerprint density at radius 1 is 1.07 bits per heavy atom. The number of nitrogens with zero attached hydrogens (tertiary/aromatic N) is 2. The Hall–Kier alpha value is -2.71. The maximum absolute atomic E-state index is 14.4. The van der Waals surface area contributed by atoms with E-state index < -0.39 is 17.6 Å². The van der Waals surface area contributed by atoms with Crippen LogP contribution in [0.3, 0.4) is 0 Å². The number of hydrogen-bond donors (Lipinski definition) is 2. The van der Waals surface area contributed by atoms with Crippen molar-refractivity contribution in [2.75, 3.05) is 31.1 Å². The van der Waals surface area contributed by atoms with Crippen molar-refractivity contribution in [3.05, 3.63) is 65.2 Å². The molecule has 28 heavy (non-hydrogen) atoms. The van der Waals surface area contributed by atoms with Crippen LogP contribution in [0.25, 0.3) is 0 Å². The first-order valence-corrected chi connectivity index (χ1v) is 8.50. The normalized spacial score (nSPS) is 13.6. The van der Waals surface area contributed by atoms with E-state index >= 15 is 0 Å². The van der Waals surface area contributed by atoms with E-state index in [1.807, 2.05) is 0 Å². The lowest BCUT2D eigenvalue weighted by Crippen LogP contribution is -2.51. The summed E-state index contributed by atoms with van der Waals surface area (Å²) < 4.78 is 27.7. The summed E-state index contributed by atoms with van der Waals surface area (Å²) in [5, 5.41) is 12.1. The lowest BCUT2D eigenvalue weighted by molar-refractivity contribution is 0.0696. The fourth-order valence-electron chi connectivity index (χ4n) is 2.90. The highest BCUT2D eigenvalue weighted by Gasteiger charge is 2.25. The van der Waals surface area contributed by atoms with Gasteiger partial charge in [-0.2, -0.15) is 0 Å². The second kappa shape index (κ2) is 9.48. The molecule has 0 aliphatic carbocycles. The van der Waals surface area contributed by atoms with Crippen LogP contribution < -0.4 is 10.2 Å². The quantitative estimate of drug-likeness (QED) is 0.810. The second-order valence-electron chi connectivity index (χ2n) is 6.19. The number of urea groups is 1. The molecular weight excluding hydrogens is 392 g/mol. The largest absolute Gasteiger partial charge is 0.478 e. The number of hydrogen-bond acceptors (Lipinski definition) is 3. The molecule has 2 aromatic rings. The van der Waals surface area contributed by atoms with Crippen molar-refractivity contribution in [2.45, 2.75) is 6.54 Å². The summed E-state index contributed by atoms with van der Waals surface area (Å²) in [6.45, 7) is 2.24. The summed E-state index contributed by atoms with van der Waals surface area (Å²) in [4.78, 5) is 27.0. The minimum absolute atomic E-state index is 0. The zero-order valence-corrected chi connectivity index (χ0v) is 15.7. The van der Waals surface area contributed by atoms with Crippen LogP contribution in [-0.4, -0.2) is 48.2 Å². The first kappa shape index (κ1) is 21.6. The van der Waals surface area contributed by atoms with Crippen LogP contribution in [0.15, 0.2) is 42.5 Å². The van der Waals surface area contributed by atoms with Gasteiger partial charge in [-0.15, -0.1) is 12.4 Å². The molecule has 0 aromatic heterocycles. The molecule has 2 N–H and O–H groups in total. The Morgan fingerprint density at radius 3 is 2.29 bits per heavy atom. The number of amides is 2. The summed E-state index contributed by atoms with van der Waals surface area (Å²) in [5.41, 5.74) is 0.437. The minimum atomic E-state index is -1.23. The third-order valence-corrected chi connectivity index (χ3v) is 4.39. The number of aromatic carboxylic acids is 1. The van der Waals surface area contributed by atoms with Crippen molar-refractivity contribution in [3.8, 4) is 0 Å². The number of carbonyl (C=O) groups excluding carboxylic acids is 1. The first-order chi connectivity index (χ1) is 13.0. The van der Waals surface area contributed by atoms with Gasteiger partial charge in [-0.25, -0.2) is 18.4 Å². The van der Waals surface area contributed by atoms with Crippen molar-refractivity contribution < 1.29 is 23.5 Å². The molecule has 6 nitrogen and oxygen atoms in total. The van der Waals surface area contributed by atoms with Crippen molar-refractivity contribution in [1.82, 2.24) is 10.2 Å². The molecule has 1 fully saturated rings. The number of nitrogens with one attached hydrogen (secondary N) is 1. The Bertz CT molecular complexity index is 843. The van der Waals surface area contributed by atoms with Gasteiger partial charge < -0.3 is 15.3 Å². The van der Waals surface area contributed by atoms with Crippen LogP contribution in [0.5, 0.6) is 0 Å². The van der Waals surface area contributed by atoms with Gasteiger partial charge in [0.15, 0.2) is 0 Å². The smallest absolute Gasteiger partial charge is 0.335 e. The molecule has 1 aliphatic heterocycles. The molecule has 2 aromatic carbocycles. The summed E-state index contributed by atoms with van der Waals surface area (Å²) in [7, 11) is 0. The van der Waals surface area contributed by atoms with E-state index in [4.69, 9.17) is 5.11 Å². The number of anilines is 1. The molecule has 0 atom stereocenters. The maximum atomic E-state index is 14.4. The Morgan fingerprint density at radius 2 is 1.71 bits per heavy atom. The van der Waals surface area contributed by atoms with Crippen molar-refractivity contribution in [2.24, 2.45) is 0 Å². The monoisotopic (exact) mass is 411 g/mol. The zero-order chi connectivity index (χ0) is 19.4. The Balaban J connectivity index is 0.00000280. The Labute approximate surface area is 167 Å². The molecule has 1 saturated heterocycles. The zero-order valence-electron chi connectivity index (χ0n) is 14.9. The summed E-state index contributed by atoms with van der Waals surface area (Å²) >= 11 is 0. The number of benzene rings is 2. The summed E-state index contributed by atoms with van der Waals surface area (Å²) in [5.74, 6) is -2.38. The van der Waals surface area contributed by atoms with Gasteiger partial charge in [-0.05, 0) is 36.4 Å². The van der Waals surface area contributed by atoms with Crippen LogP contribution in [0, 0.1) is 11.6 Å². The van der Waals surface area contributed by atoms with E-state index in [9.17, 15) is 18.4 Å². The van der Waals surface area contributed by atoms with Gasteiger partial charge >= 0.3 is 12.0 Å². The molecule has 0 spiro atoms. The predicted molar refractivity (Wildman–Crippen MR) is 103 cm³/mol. The number of halogens is 3. The molecule has 150 valence electrons. The van der Waals surface area contributed by atoms with Crippen molar-refractivity contribution >= 4 is 30.1 Å². The molecule has 0 saturated carbocycles. The van der Waals surface area contributed by atoms with E-state index in [2.05, 4.69) is 5.32 Å². The SMILES string of the molecule is Cl.O=C(O)c1ccc(CN(C(=O)N2CCNCC2)c2ccc(F)cc2)c(F)c1. The molecule has 0 bridgehead atoms. The molecule has 2 amide bonds. The van der Waals surface area contributed by atoms with Crippen LogP contribution in [-0.2, 0) is 6.54 Å². The third kappa shape index (κ3) is 4.96. The van der Waals surface area contributed by atoms with Crippen LogP contribution in [0.2, 0.25) is 0 Å². The molecule has 1 heterocycles. The van der Waals surface area contributed by atoms with Gasteiger partial charge in [-0.3, -0.25) is 4.90 Å². The lowest BCUT2D eigenvalue weighted by atomic mass is 10.1. The second-order valence-corrected chi connectivity index (χ2v) is 6.19. The molecule has 3 rings (SSSR count). The molecule has 1 aliphatic rings. The summed E-state index contributed by atoms with van der Waals surface area (Å²) in [6, 6.07) is 8.63. The van der Waals surface area contributed by atoms with Gasteiger partial charge in [0.1, 0.15) is 11.6 Å².